The summed E-state index contributed by atoms with van der Waals surface area (Å²) in [5.74, 6) is 0.467. The average Bonchev–Trinajstić information content (AvgIpc) is 3.26. The summed E-state index contributed by atoms with van der Waals surface area (Å²) in [5.41, 5.74) is 2.76. The molecule has 0 spiro atoms. The lowest BCUT2D eigenvalue weighted by Gasteiger charge is -2.12. The van der Waals surface area contributed by atoms with Crippen LogP contribution in [0.4, 0.5) is 4.39 Å². The quantitative estimate of drug-likeness (QED) is 0.877. The van der Waals surface area contributed by atoms with Crippen molar-refractivity contribution >= 4 is 0 Å². The Morgan fingerprint density at radius 3 is 2.37 bits per heavy atom. The van der Waals surface area contributed by atoms with E-state index in [2.05, 4.69) is 12.1 Å². The normalized spacial score (nSPS) is 16.3. The van der Waals surface area contributed by atoms with Gasteiger partial charge >= 0.3 is 0 Å². The SMILES string of the molecule is OC(Cc1ccccc1F)c1ccc(C2CC2)cc1. The molecular formula is C17H17FO. The second-order valence-electron chi connectivity index (χ2n) is 5.25. The monoisotopic (exact) mass is 256 g/mol. The molecule has 0 aromatic heterocycles. The molecule has 1 nitrogen and oxygen atoms in total. The Bertz CT molecular complexity index is 558. The fraction of sp³-hybridized carbons (Fsp3) is 0.294. The summed E-state index contributed by atoms with van der Waals surface area (Å²) < 4.78 is 13.5. The third-order valence-electron chi connectivity index (χ3n) is 3.74. The van der Waals surface area contributed by atoms with Crippen molar-refractivity contribution < 1.29 is 9.50 Å². The van der Waals surface area contributed by atoms with Gasteiger partial charge in [-0.3, -0.25) is 0 Å². The van der Waals surface area contributed by atoms with Crippen LogP contribution in [0.25, 0.3) is 0 Å². The van der Waals surface area contributed by atoms with Gasteiger partial charge in [0.05, 0.1) is 6.10 Å². The molecule has 1 N–H and O–H groups in total. The van der Waals surface area contributed by atoms with E-state index < -0.39 is 6.10 Å². The highest BCUT2D eigenvalue weighted by Crippen LogP contribution is 2.40. The Kier molecular flexibility index (Phi) is 3.34. The summed E-state index contributed by atoms with van der Waals surface area (Å²) in [6, 6.07) is 14.7. The minimum Gasteiger partial charge on any atom is -0.388 e. The summed E-state index contributed by atoms with van der Waals surface area (Å²) in [7, 11) is 0. The Balaban J connectivity index is 1.72. The fourth-order valence-corrected chi connectivity index (χ4v) is 2.40. The minimum atomic E-state index is -0.648. The number of aliphatic hydroxyl groups is 1. The van der Waals surface area contributed by atoms with Crippen molar-refractivity contribution in [2.75, 3.05) is 0 Å². The molecule has 2 heteroatoms. The van der Waals surface area contributed by atoms with Gasteiger partial charge in [0.25, 0.3) is 0 Å². The molecule has 2 aromatic carbocycles. The molecule has 0 aliphatic heterocycles. The highest BCUT2D eigenvalue weighted by atomic mass is 19.1. The number of halogens is 1. The Morgan fingerprint density at radius 1 is 1.05 bits per heavy atom. The second-order valence-corrected chi connectivity index (χ2v) is 5.25. The molecular weight excluding hydrogens is 239 g/mol. The van der Waals surface area contributed by atoms with E-state index in [1.807, 2.05) is 12.1 Å². The maximum absolute atomic E-state index is 13.5. The summed E-state index contributed by atoms with van der Waals surface area (Å²) in [5, 5.41) is 10.2. The number of benzene rings is 2. The molecule has 0 saturated heterocycles. The fourth-order valence-electron chi connectivity index (χ4n) is 2.40. The molecule has 3 rings (SSSR count). The maximum atomic E-state index is 13.5. The van der Waals surface area contributed by atoms with Gasteiger partial charge in [0.15, 0.2) is 0 Å². The highest BCUT2D eigenvalue weighted by molar-refractivity contribution is 5.30. The van der Waals surface area contributed by atoms with Crippen molar-refractivity contribution in [3.8, 4) is 0 Å². The first-order valence-corrected chi connectivity index (χ1v) is 6.75. The Hall–Kier alpha value is -1.67. The number of hydrogen-bond donors (Lipinski definition) is 1. The molecule has 0 amide bonds. The summed E-state index contributed by atoms with van der Waals surface area (Å²) in [6.07, 6.45) is 2.22. The van der Waals surface area contributed by atoms with Gasteiger partial charge in [0, 0.05) is 6.42 Å². The summed E-state index contributed by atoms with van der Waals surface area (Å²) >= 11 is 0. The van der Waals surface area contributed by atoms with E-state index in [1.165, 1.54) is 24.5 Å². The van der Waals surface area contributed by atoms with Crippen LogP contribution < -0.4 is 0 Å². The number of rotatable bonds is 4. The van der Waals surface area contributed by atoms with E-state index in [0.717, 1.165) is 11.5 Å². The van der Waals surface area contributed by atoms with Gasteiger partial charge in [-0.05, 0) is 41.5 Å². The summed E-state index contributed by atoms with van der Waals surface area (Å²) in [4.78, 5) is 0. The van der Waals surface area contributed by atoms with Gasteiger partial charge < -0.3 is 5.11 Å². The van der Waals surface area contributed by atoms with Gasteiger partial charge in [-0.1, -0.05) is 42.5 Å². The lowest BCUT2D eigenvalue weighted by atomic mass is 9.99. The third kappa shape index (κ3) is 2.85. The van der Waals surface area contributed by atoms with Crippen LogP contribution in [0.3, 0.4) is 0 Å². The maximum Gasteiger partial charge on any atom is 0.126 e. The van der Waals surface area contributed by atoms with Crippen molar-refractivity contribution in [2.45, 2.75) is 31.3 Å². The molecule has 0 bridgehead atoms. The van der Waals surface area contributed by atoms with Crippen LogP contribution in [0.1, 0.15) is 41.6 Å². The van der Waals surface area contributed by atoms with E-state index in [-0.39, 0.29) is 5.82 Å². The molecule has 1 atom stereocenters. The van der Waals surface area contributed by atoms with Crippen molar-refractivity contribution in [2.24, 2.45) is 0 Å². The van der Waals surface area contributed by atoms with E-state index in [0.29, 0.717) is 12.0 Å². The smallest absolute Gasteiger partial charge is 0.126 e. The van der Waals surface area contributed by atoms with Crippen LogP contribution in [0, 0.1) is 5.82 Å². The molecule has 1 aliphatic rings. The van der Waals surface area contributed by atoms with E-state index in [1.54, 1.807) is 18.2 Å². The van der Waals surface area contributed by atoms with Gasteiger partial charge in [-0.15, -0.1) is 0 Å². The van der Waals surface area contributed by atoms with Gasteiger partial charge in [-0.2, -0.15) is 0 Å². The van der Waals surface area contributed by atoms with Crippen LogP contribution in [0.5, 0.6) is 0 Å². The minimum absolute atomic E-state index is 0.254. The zero-order valence-corrected chi connectivity index (χ0v) is 10.7. The molecule has 1 fully saturated rings. The molecule has 0 heterocycles. The van der Waals surface area contributed by atoms with Gasteiger partial charge in [0.2, 0.25) is 0 Å². The van der Waals surface area contributed by atoms with Crippen molar-refractivity contribution in [3.63, 3.8) is 0 Å². The summed E-state index contributed by atoms with van der Waals surface area (Å²) in [6.45, 7) is 0. The van der Waals surface area contributed by atoms with Crippen LogP contribution in [0.2, 0.25) is 0 Å². The van der Waals surface area contributed by atoms with E-state index in [9.17, 15) is 9.50 Å². The zero-order chi connectivity index (χ0) is 13.2. The van der Waals surface area contributed by atoms with Crippen LogP contribution >= 0.6 is 0 Å². The lowest BCUT2D eigenvalue weighted by molar-refractivity contribution is 0.177. The first kappa shape index (κ1) is 12.4. The van der Waals surface area contributed by atoms with Crippen LogP contribution in [0.15, 0.2) is 48.5 Å². The molecule has 2 aromatic rings. The standard InChI is InChI=1S/C17H17FO/c18-16-4-2-1-3-15(16)11-17(19)14-9-7-13(8-10-14)12-5-6-12/h1-4,7-10,12,17,19H,5-6,11H2. The van der Waals surface area contributed by atoms with Crippen molar-refractivity contribution in [3.05, 3.63) is 71.0 Å². The largest absolute Gasteiger partial charge is 0.388 e. The predicted octanol–water partition coefficient (Wildman–Crippen LogP) is 3.98. The van der Waals surface area contributed by atoms with Gasteiger partial charge in [-0.25, -0.2) is 4.39 Å². The molecule has 1 unspecified atom stereocenters. The van der Waals surface area contributed by atoms with E-state index in [4.69, 9.17) is 0 Å². The van der Waals surface area contributed by atoms with Crippen LogP contribution in [-0.2, 0) is 6.42 Å². The first-order chi connectivity index (χ1) is 9.24. The topological polar surface area (TPSA) is 20.2 Å². The predicted molar refractivity (Wildman–Crippen MR) is 73.5 cm³/mol. The van der Waals surface area contributed by atoms with Crippen LogP contribution in [-0.4, -0.2) is 5.11 Å². The third-order valence-corrected chi connectivity index (χ3v) is 3.74. The molecule has 0 radical (unpaired) electrons. The average molecular weight is 256 g/mol. The number of hydrogen-bond acceptors (Lipinski definition) is 1. The Labute approximate surface area is 112 Å². The lowest BCUT2D eigenvalue weighted by Crippen LogP contribution is -2.03. The zero-order valence-electron chi connectivity index (χ0n) is 10.7. The second kappa shape index (κ2) is 5.14. The highest BCUT2D eigenvalue weighted by Gasteiger charge is 2.23. The molecule has 1 saturated carbocycles. The molecule has 98 valence electrons. The molecule has 1 aliphatic carbocycles. The van der Waals surface area contributed by atoms with Crippen molar-refractivity contribution in [1.82, 2.24) is 0 Å². The first-order valence-electron chi connectivity index (χ1n) is 6.75. The Morgan fingerprint density at radius 2 is 1.74 bits per heavy atom. The molecule has 19 heavy (non-hydrogen) atoms. The van der Waals surface area contributed by atoms with Gasteiger partial charge in [0.1, 0.15) is 5.82 Å². The van der Waals surface area contributed by atoms with E-state index >= 15 is 0 Å². The van der Waals surface area contributed by atoms with Crippen molar-refractivity contribution in [1.29, 1.82) is 0 Å². The number of aliphatic hydroxyl groups excluding tert-OH is 1.